The average molecular weight is 346 g/mol. The number of carbonyl (C=O) groups excluding carboxylic acids is 2. The Morgan fingerprint density at radius 2 is 1.38 bits per heavy atom. The van der Waals surface area contributed by atoms with Gasteiger partial charge in [-0.25, -0.2) is 4.90 Å². The van der Waals surface area contributed by atoms with Gasteiger partial charge >= 0.3 is 0 Å². The molecule has 0 saturated heterocycles. The molecule has 0 saturated carbocycles. The van der Waals surface area contributed by atoms with Crippen LogP contribution in [0.25, 0.3) is 0 Å². The first kappa shape index (κ1) is 15.7. The van der Waals surface area contributed by atoms with Crippen molar-refractivity contribution in [1.82, 2.24) is 0 Å². The highest BCUT2D eigenvalue weighted by molar-refractivity contribution is 6.34. The lowest BCUT2D eigenvalue weighted by atomic mass is 10.1. The summed E-state index contributed by atoms with van der Waals surface area (Å²) >= 11 is 0. The molecule has 2 amide bonds. The highest BCUT2D eigenvalue weighted by atomic mass is 16.5. The number of carbonyl (C=O) groups is 2. The highest BCUT2D eigenvalue weighted by Gasteiger charge is 2.37. The topological polar surface area (TPSA) is 92.9 Å². The van der Waals surface area contributed by atoms with Gasteiger partial charge in [-0.05, 0) is 66.7 Å². The van der Waals surface area contributed by atoms with Crippen LogP contribution in [0.5, 0.6) is 17.2 Å². The molecule has 3 aromatic carbocycles. The molecule has 0 atom stereocenters. The standard InChI is InChI=1S/C20H14N2O4/c21-12-1-7-15(8-2-12)26-16-9-10-17-18(11-16)20(25)22(19(17)24)13-3-5-14(23)6-4-13/h1-11,23H,21H2. The summed E-state index contributed by atoms with van der Waals surface area (Å²) in [6, 6.07) is 17.5. The Hall–Kier alpha value is -3.80. The maximum absolute atomic E-state index is 12.7. The lowest BCUT2D eigenvalue weighted by molar-refractivity contribution is 0.0926. The van der Waals surface area contributed by atoms with Gasteiger partial charge in [0.15, 0.2) is 0 Å². The minimum absolute atomic E-state index is 0.0598. The molecule has 0 bridgehead atoms. The van der Waals surface area contributed by atoms with Gasteiger partial charge in [-0.2, -0.15) is 0 Å². The summed E-state index contributed by atoms with van der Waals surface area (Å²) in [5, 5.41) is 9.39. The van der Waals surface area contributed by atoms with E-state index in [9.17, 15) is 14.7 Å². The van der Waals surface area contributed by atoms with Crippen LogP contribution >= 0.6 is 0 Å². The Kier molecular flexibility index (Phi) is 3.58. The van der Waals surface area contributed by atoms with Crippen LogP contribution < -0.4 is 15.4 Å². The number of hydrogen-bond acceptors (Lipinski definition) is 5. The molecule has 6 nitrogen and oxygen atoms in total. The van der Waals surface area contributed by atoms with Crippen molar-refractivity contribution in [3.63, 3.8) is 0 Å². The number of phenolic OH excluding ortho intramolecular Hbond substituents is 1. The van der Waals surface area contributed by atoms with Crippen molar-refractivity contribution in [2.45, 2.75) is 0 Å². The summed E-state index contributed by atoms with van der Waals surface area (Å²) in [4.78, 5) is 26.4. The van der Waals surface area contributed by atoms with Gasteiger partial charge in [-0.15, -0.1) is 0 Å². The van der Waals surface area contributed by atoms with Crippen molar-refractivity contribution in [1.29, 1.82) is 0 Å². The van der Waals surface area contributed by atoms with E-state index >= 15 is 0 Å². The summed E-state index contributed by atoms with van der Waals surface area (Å²) in [6.07, 6.45) is 0. The van der Waals surface area contributed by atoms with Gasteiger partial charge in [0.05, 0.1) is 16.8 Å². The van der Waals surface area contributed by atoms with E-state index in [0.717, 1.165) is 4.90 Å². The fraction of sp³-hybridized carbons (Fsp3) is 0. The van der Waals surface area contributed by atoms with Gasteiger partial charge in [0.1, 0.15) is 17.2 Å². The zero-order chi connectivity index (χ0) is 18.3. The van der Waals surface area contributed by atoms with Gasteiger partial charge in [0.25, 0.3) is 11.8 Å². The molecule has 3 aromatic rings. The molecule has 128 valence electrons. The number of phenols is 1. The third-order valence-electron chi connectivity index (χ3n) is 4.08. The van der Waals surface area contributed by atoms with Crippen molar-refractivity contribution in [2.75, 3.05) is 10.6 Å². The SMILES string of the molecule is Nc1ccc(Oc2ccc3c(c2)C(=O)N(c2ccc(O)cc2)C3=O)cc1. The third kappa shape index (κ3) is 2.63. The second-order valence-electron chi connectivity index (χ2n) is 5.84. The molecule has 0 aliphatic carbocycles. The number of hydrogen-bond donors (Lipinski definition) is 2. The van der Waals surface area contributed by atoms with Crippen LogP contribution in [0.3, 0.4) is 0 Å². The van der Waals surface area contributed by atoms with Crippen LogP contribution in [0.15, 0.2) is 66.7 Å². The average Bonchev–Trinajstić information content (AvgIpc) is 2.89. The largest absolute Gasteiger partial charge is 0.508 e. The lowest BCUT2D eigenvalue weighted by Crippen LogP contribution is -2.29. The first-order valence-corrected chi connectivity index (χ1v) is 7.88. The second kappa shape index (κ2) is 5.93. The minimum Gasteiger partial charge on any atom is -0.508 e. The Morgan fingerprint density at radius 1 is 0.769 bits per heavy atom. The van der Waals surface area contributed by atoms with Gasteiger partial charge in [-0.1, -0.05) is 0 Å². The van der Waals surface area contributed by atoms with Crippen LogP contribution in [0, 0.1) is 0 Å². The van der Waals surface area contributed by atoms with Crippen molar-refractivity contribution in [3.05, 3.63) is 77.9 Å². The number of benzene rings is 3. The Morgan fingerprint density at radius 3 is 2.08 bits per heavy atom. The number of rotatable bonds is 3. The number of nitrogens with two attached hydrogens (primary N) is 1. The van der Waals surface area contributed by atoms with Gasteiger partial charge in [0, 0.05) is 5.69 Å². The molecule has 0 radical (unpaired) electrons. The highest BCUT2D eigenvalue weighted by Crippen LogP contribution is 2.33. The number of fused-ring (bicyclic) bond motifs is 1. The molecule has 0 spiro atoms. The first-order valence-electron chi connectivity index (χ1n) is 7.88. The number of amides is 2. The van der Waals surface area contributed by atoms with E-state index in [2.05, 4.69) is 0 Å². The molecular formula is C20H14N2O4. The van der Waals surface area contributed by atoms with Crippen LogP contribution in [0.2, 0.25) is 0 Å². The summed E-state index contributed by atoms with van der Waals surface area (Å²) in [7, 11) is 0. The Labute approximate surface area is 149 Å². The van der Waals surface area contributed by atoms with Gasteiger partial charge in [-0.3, -0.25) is 9.59 Å². The van der Waals surface area contributed by atoms with Crippen molar-refractivity contribution in [3.8, 4) is 17.2 Å². The maximum atomic E-state index is 12.7. The zero-order valence-corrected chi connectivity index (χ0v) is 13.5. The predicted octanol–water partition coefficient (Wildman–Crippen LogP) is 3.57. The van der Waals surface area contributed by atoms with Gasteiger partial charge in [0.2, 0.25) is 0 Å². The molecular weight excluding hydrogens is 332 g/mol. The minimum atomic E-state index is -0.432. The monoisotopic (exact) mass is 346 g/mol. The third-order valence-corrected chi connectivity index (χ3v) is 4.08. The maximum Gasteiger partial charge on any atom is 0.266 e. The van der Waals surface area contributed by atoms with E-state index in [0.29, 0.717) is 28.4 Å². The molecule has 4 rings (SSSR count). The molecule has 0 aromatic heterocycles. The van der Waals surface area contributed by atoms with E-state index in [1.807, 2.05) is 0 Å². The predicted molar refractivity (Wildman–Crippen MR) is 96.6 cm³/mol. The number of ether oxygens (including phenoxy) is 1. The molecule has 1 aliphatic heterocycles. The van der Waals surface area contributed by atoms with E-state index in [4.69, 9.17) is 10.5 Å². The normalized spacial score (nSPS) is 13.0. The number of imide groups is 1. The molecule has 6 heteroatoms. The van der Waals surface area contributed by atoms with E-state index < -0.39 is 11.8 Å². The number of nitrogen functional groups attached to an aromatic ring is 1. The fourth-order valence-corrected chi connectivity index (χ4v) is 2.79. The molecule has 1 heterocycles. The molecule has 1 aliphatic rings. The fourth-order valence-electron chi connectivity index (χ4n) is 2.79. The van der Waals surface area contributed by atoms with Crippen LogP contribution in [0.1, 0.15) is 20.7 Å². The van der Waals surface area contributed by atoms with E-state index in [1.165, 1.54) is 24.3 Å². The van der Waals surface area contributed by atoms with E-state index in [1.54, 1.807) is 42.5 Å². The second-order valence-corrected chi connectivity index (χ2v) is 5.84. The zero-order valence-electron chi connectivity index (χ0n) is 13.5. The summed E-state index contributed by atoms with van der Waals surface area (Å²) in [5.41, 5.74) is 7.26. The first-order chi connectivity index (χ1) is 12.5. The quantitative estimate of drug-likeness (QED) is 0.559. The number of aromatic hydroxyl groups is 1. The number of anilines is 2. The smallest absolute Gasteiger partial charge is 0.266 e. The van der Waals surface area contributed by atoms with Crippen molar-refractivity contribution >= 4 is 23.2 Å². The summed E-state index contributed by atoms with van der Waals surface area (Å²) < 4.78 is 5.73. The van der Waals surface area contributed by atoms with Crippen LogP contribution in [0.4, 0.5) is 11.4 Å². The molecule has 0 fully saturated rings. The lowest BCUT2D eigenvalue weighted by Gasteiger charge is -2.13. The summed E-state index contributed by atoms with van der Waals surface area (Å²) in [5.74, 6) is 0.242. The van der Waals surface area contributed by atoms with Gasteiger partial charge < -0.3 is 15.6 Å². The Balaban J connectivity index is 1.65. The van der Waals surface area contributed by atoms with Crippen LogP contribution in [-0.2, 0) is 0 Å². The molecule has 3 N–H and O–H groups in total. The number of nitrogens with zero attached hydrogens (tertiary/aromatic N) is 1. The summed E-state index contributed by atoms with van der Waals surface area (Å²) in [6.45, 7) is 0. The van der Waals surface area contributed by atoms with Crippen molar-refractivity contribution < 1.29 is 19.4 Å². The Bertz CT molecular complexity index is 1010. The molecule has 26 heavy (non-hydrogen) atoms. The van der Waals surface area contributed by atoms with Crippen molar-refractivity contribution in [2.24, 2.45) is 0 Å². The van der Waals surface area contributed by atoms with Crippen LogP contribution in [-0.4, -0.2) is 16.9 Å². The van der Waals surface area contributed by atoms with E-state index in [-0.39, 0.29) is 11.3 Å². The molecule has 0 unspecified atom stereocenters.